The Morgan fingerprint density at radius 2 is 1.65 bits per heavy atom. The molecule has 0 aliphatic carbocycles. The van der Waals surface area contributed by atoms with E-state index in [1.165, 1.54) is 0 Å². The molecule has 0 spiro atoms. The zero-order valence-electron chi connectivity index (χ0n) is 12.3. The molecule has 3 heteroatoms. The first-order valence-corrected chi connectivity index (χ1v) is 6.65. The summed E-state index contributed by atoms with van der Waals surface area (Å²) in [6.07, 6.45) is 5.61. The van der Waals surface area contributed by atoms with Crippen molar-refractivity contribution >= 4 is 5.91 Å². The van der Waals surface area contributed by atoms with Gasteiger partial charge in [0.2, 0.25) is 5.91 Å². The van der Waals surface area contributed by atoms with Gasteiger partial charge in [0.05, 0.1) is 0 Å². The van der Waals surface area contributed by atoms with E-state index in [4.69, 9.17) is 4.74 Å². The summed E-state index contributed by atoms with van der Waals surface area (Å²) in [7, 11) is 1.64. The predicted molar refractivity (Wildman–Crippen MR) is 74.1 cm³/mol. The van der Waals surface area contributed by atoms with Crippen molar-refractivity contribution in [3.05, 3.63) is 12.2 Å². The number of amides is 1. The van der Waals surface area contributed by atoms with Gasteiger partial charge >= 0.3 is 0 Å². The Labute approximate surface area is 107 Å². The molecule has 17 heavy (non-hydrogen) atoms. The molecule has 0 aromatic carbocycles. The SMILES string of the molecule is CC.CC.CNC(=O)/C=C/C1(C)CCOCC1. The van der Waals surface area contributed by atoms with Crippen LogP contribution in [0.2, 0.25) is 0 Å². The fraction of sp³-hybridized carbons (Fsp3) is 0.786. The van der Waals surface area contributed by atoms with Gasteiger partial charge in [-0.25, -0.2) is 0 Å². The van der Waals surface area contributed by atoms with Crippen LogP contribution in [-0.2, 0) is 9.53 Å². The number of ether oxygens (including phenoxy) is 1. The summed E-state index contributed by atoms with van der Waals surface area (Å²) in [4.78, 5) is 11.0. The van der Waals surface area contributed by atoms with Gasteiger partial charge in [0.25, 0.3) is 0 Å². The van der Waals surface area contributed by atoms with Crippen molar-refractivity contribution in [1.82, 2.24) is 5.32 Å². The molecule has 1 heterocycles. The molecule has 0 saturated carbocycles. The van der Waals surface area contributed by atoms with Crippen LogP contribution in [0.5, 0.6) is 0 Å². The van der Waals surface area contributed by atoms with E-state index in [2.05, 4.69) is 12.2 Å². The Kier molecular flexibility index (Phi) is 12.7. The lowest BCUT2D eigenvalue weighted by molar-refractivity contribution is -0.116. The number of carbonyl (C=O) groups excluding carboxylic acids is 1. The minimum Gasteiger partial charge on any atom is -0.381 e. The molecule has 1 N–H and O–H groups in total. The highest BCUT2D eigenvalue weighted by atomic mass is 16.5. The summed E-state index contributed by atoms with van der Waals surface area (Å²) in [5, 5.41) is 2.56. The average molecular weight is 243 g/mol. The summed E-state index contributed by atoms with van der Waals surface area (Å²) in [6.45, 7) is 11.8. The van der Waals surface area contributed by atoms with Crippen molar-refractivity contribution in [1.29, 1.82) is 0 Å². The molecular formula is C14H29NO2. The van der Waals surface area contributed by atoms with Crippen LogP contribution < -0.4 is 5.32 Å². The van der Waals surface area contributed by atoms with E-state index in [1.54, 1.807) is 13.1 Å². The van der Waals surface area contributed by atoms with Crippen LogP contribution in [0.25, 0.3) is 0 Å². The molecule has 3 nitrogen and oxygen atoms in total. The van der Waals surface area contributed by atoms with E-state index in [-0.39, 0.29) is 11.3 Å². The molecular weight excluding hydrogens is 214 g/mol. The summed E-state index contributed by atoms with van der Waals surface area (Å²) in [5.41, 5.74) is 0.144. The van der Waals surface area contributed by atoms with Gasteiger partial charge in [-0.3, -0.25) is 4.79 Å². The second-order valence-corrected chi connectivity index (χ2v) is 3.71. The first-order chi connectivity index (χ1) is 8.16. The van der Waals surface area contributed by atoms with Crippen molar-refractivity contribution in [2.24, 2.45) is 5.41 Å². The minimum atomic E-state index is -0.0345. The van der Waals surface area contributed by atoms with Gasteiger partial charge in [-0.1, -0.05) is 40.7 Å². The van der Waals surface area contributed by atoms with Crippen molar-refractivity contribution in [3.63, 3.8) is 0 Å². The van der Waals surface area contributed by atoms with E-state index in [0.29, 0.717) is 0 Å². The molecule has 0 unspecified atom stereocenters. The normalized spacial score (nSPS) is 17.3. The highest BCUT2D eigenvalue weighted by Crippen LogP contribution is 2.30. The number of hydrogen-bond donors (Lipinski definition) is 1. The topological polar surface area (TPSA) is 38.3 Å². The van der Waals surface area contributed by atoms with Gasteiger partial charge in [-0.05, 0) is 24.3 Å². The van der Waals surface area contributed by atoms with Gasteiger partial charge < -0.3 is 10.1 Å². The lowest BCUT2D eigenvalue weighted by Crippen LogP contribution is -2.25. The third-order valence-corrected chi connectivity index (χ3v) is 2.52. The van der Waals surface area contributed by atoms with E-state index < -0.39 is 0 Å². The van der Waals surface area contributed by atoms with Crippen LogP contribution in [0.1, 0.15) is 47.5 Å². The minimum absolute atomic E-state index is 0.0345. The molecule has 1 aliphatic rings. The standard InChI is InChI=1S/C10H17NO2.2C2H6/c1-10(4-3-9(12)11-2)5-7-13-8-6-10;2*1-2/h3-4H,5-8H2,1-2H3,(H,11,12);2*1-2H3/b4-3+;;. The highest BCUT2D eigenvalue weighted by molar-refractivity contribution is 5.87. The van der Waals surface area contributed by atoms with Crippen LogP contribution in [0.4, 0.5) is 0 Å². The molecule has 0 atom stereocenters. The van der Waals surface area contributed by atoms with Gasteiger partial charge in [-0.2, -0.15) is 0 Å². The van der Waals surface area contributed by atoms with Crippen LogP contribution in [0, 0.1) is 5.41 Å². The molecule has 0 aromatic rings. The number of hydrogen-bond acceptors (Lipinski definition) is 2. The quantitative estimate of drug-likeness (QED) is 0.757. The first-order valence-electron chi connectivity index (χ1n) is 6.65. The number of allylic oxidation sites excluding steroid dienone is 1. The Balaban J connectivity index is 0. The smallest absolute Gasteiger partial charge is 0.243 e. The number of carbonyl (C=O) groups is 1. The first kappa shape index (κ1) is 18.5. The second kappa shape index (κ2) is 11.6. The fourth-order valence-electron chi connectivity index (χ4n) is 1.36. The number of nitrogens with one attached hydrogen (secondary N) is 1. The zero-order chi connectivity index (χ0) is 13.7. The summed E-state index contributed by atoms with van der Waals surface area (Å²) in [5.74, 6) is -0.0345. The number of rotatable bonds is 2. The molecule has 1 rings (SSSR count). The van der Waals surface area contributed by atoms with Crippen molar-refractivity contribution in [2.45, 2.75) is 47.5 Å². The van der Waals surface area contributed by atoms with Gasteiger partial charge in [0.1, 0.15) is 0 Å². The Hall–Kier alpha value is -0.830. The lowest BCUT2D eigenvalue weighted by atomic mass is 9.82. The molecule has 0 radical (unpaired) electrons. The molecule has 0 aromatic heterocycles. The molecule has 1 saturated heterocycles. The van der Waals surface area contributed by atoms with E-state index in [1.807, 2.05) is 33.8 Å². The Bertz CT molecular complexity index is 206. The molecule has 102 valence electrons. The van der Waals surface area contributed by atoms with E-state index >= 15 is 0 Å². The summed E-state index contributed by atoms with van der Waals surface area (Å²) >= 11 is 0. The maximum absolute atomic E-state index is 11.0. The monoisotopic (exact) mass is 243 g/mol. The third kappa shape index (κ3) is 8.93. The fourth-order valence-corrected chi connectivity index (χ4v) is 1.36. The zero-order valence-corrected chi connectivity index (χ0v) is 12.3. The maximum atomic E-state index is 11.0. The molecule has 1 amide bonds. The average Bonchev–Trinajstić information content (AvgIpc) is 2.41. The van der Waals surface area contributed by atoms with Crippen molar-refractivity contribution < 1.29 is 9.53 Å². The van der Waals surface area contributed by atoms with E-state index in [0.717, 1.165) is 26.1 Å². The number of likely N-dealkylation sites (N-methyl/N-ethyl adjacent to an activating group) is 1. The Morgan fingerprint density at radius 3 is 2.06 bits per heavy atom. The third-order valence-electron chi connectivity index (χ3n) is 2.52. The van der Waals surface area contributed by atoms with Crippen molar-refractivity contribution in [2.75, 3.05) is 20.3 Å². The van der Waals surface area contributed by atoms with Crippen molar-refractivity contribution in [3.8, 4) is 0 Å². The van der Waals surface area contributed by atoms with Crippen LogP contribution in [0.15, 0.2) is 12.2 Å². The van der Waals surface area contributed by atoms with Crippen LogP contribution >= 0.6 is 0 Å². The largest absolute Gasteiger partial charge is 0.381 e. The summed E-state index contributed by atoms with van der Waals surface area (Å²) in [6, 6.07) is 0. The lowest BCUT2D eigenvalue weighted by Gasteiger charge is -2.30. The Morgan fingerprint density at radius 1 is 1.18 bits per heavy atom. The van der Waals surface area contributed by atoms with E-state index in [9.17, 15) is 4.79 Å². The molecule has 0 bridgehead atoms. The molecule has 1 aliphatic heterocycles. The van der Waals surface area contributed by atoms with Gasteiger partial charge in [0.15, 0.2) is 0 Å². The summed E-state index contributed by atoms with van der Waals surface area (Å²) < 4.78 is 5.26. The van der Waals surface area contributed by atoms with Gasteiger partial charge in [-0.15, -0.1) is 0 Å². The predicted octanol–water partition coefficient (Wildman–Crippen LogP) is 3.16. The maximum Gasteiger partial charge on any atom is 0.243 e. The highest BCUT2D eigenvalue weighted by Gasteiger charge is 2.24. The van der Waals surface area contributed by atoms with Gasteiger partial charge in [0, 0.05) is 20.3 Å². The van der Waals surface area contributed by atoms with Crippen LogP contribution in [-0.4, -0.2) is 26.2 Å². The molecule has 1 fully saturated rings. The second-order valence-electron chi connectivity index (χ2n) is 3.71. The van der Waals surface area contributed by atoms with Crippen LogP contribution in [0.3, 0.4) is 0 Å².